The molecule has 8 nitrogen and oxygen atoms in total. The average molecular weight is 328 g/mol. The van der Waals surface area contributed by atoms with E-state index in [1.54, 1.807) is 17.1 Å². The molecule has 1 atom stereocenters. The largest absolute Gasteiger partial charge is 0.476 e. The van der Waals surface area contributed by atoms with Crippen LogP contribution in [0.3, 0.4) is 0 Å². The number of nitrogen functional groups attached to an aromatic ring is 1. The van der Waals surface area contributed by atoms with Gasteiger partial charge in [-0.3, -0.25) is 4.57 Å². The van der Waals surface area contributed by atoms with Gasteiger partial charge in [0, 0.05) is 6.04 Å². The Morgan fingerprint density at radius 3 is 2.79 bits per heavy atom. The van der Waals surface area contributed by atoms with Crippen LogP contribution in [0, 0.1) is 0 Å². The highest BCUT2D eigenvalue weighted by Crippen LogP contribution is 2.44. The van der Waals surface area contributed by atoms with E-state index in [1.807, 2.05) is 0 Å². The third-order valence-electron chi connectivity index (χ3n) is 5.04. The molecule has 0 radical (unpaired) electrons. The molecule has 3 heterocycles. The van der Waals surface area contributed by atoms with E-state index < -0.39 is 5.97 Å². The Morgan fingerprint density at radius 2 is 2.12 bits per heavy atom. The second kappa shape index (κ2) is 5.47. The Kier molecular flexibility index (Phi) is 3.40. The van der Waals surface area contributed by atoms with Crippen LogP contribution in [-0.4, -0.2) is 36.6 Å². The summed E-state index contributed by atoms with van der Waals surface area (Å²) in [4.78, 5) is 26.6. The first-order valence-electron chi connectivity index (χ1n) is 8.33. The van der Waals surface area contributed by atoms with Crippen molar-refractivity contribution in [2.45, 2.75) is 51.1 Å². The van der Waals surface area contributed by atoms with Crippen molar-refractivity contribution in [2.75, 3.05) is 10.6 Å². The number of aromatic nitrogens is 4. The number of carbonyl (C=O) groups is 1. The monoisotopic (exact) mass is 328 g/mol. The van der Waals surface area contributed by atoms with Crippen molar-refractivity contribution in [3.63, 3.8) is 0 Å². The summed E-state index contributed by atoms with van der Waals surface area (Å²) >= 11 is 0. The van der Waals surface area contributed by atoms with Crippen LogP contribution in [0.2, 0.25) is 0 Å². The van der Waals surface area contributed by atoms with Crippen molar-refractivity contribution in [1.82, 2.24) is 19.5 Å². The Bertz CT molecular complexity index is 796. The first-order valence-corrected chi connectivity index (χ1v) is 8.33. The second-order valence-corrected chi connectivity index (χ2v) is 6.36. The molecule has 8 heteroatoms. The number of anilines is 2. The van der Waals surface area contributed by atoms with Crippen LogP contribution in [0.5, 0.6) is 0 Å². The van der Waals surface area contributed by atoms with Crippen molar-refractivity contribution in [2.24, 2.45) is 0 Å². The number of hydrogen-bond donors (Lipinski definition) is 2. The summed E-state index contributed by atoms with van der Waals surface area (Å²) in [5.41, 5.74) is 7.39. The minimum atomic E-state index is -1.01. The number of hydrogen-bond acceptors (Lipinski definition) is 6. The van der Waals surface area contributed by atoms with Gasteiger partial charge in [0.1, 0.15) is 12.0 Å². The summed E-state index contributed by atoms with van der Waals surface area (Å²) in [6.07, 6.45) is 8.49. The Morgan fingerprint density at radius 1 is 1.38 bits per heavy atom. The highest BCUT2D eigenvalue weighted by atomic mass is 16.4. The zero-order chi connectivity index (χ0) is 16.8. The predicted molar refractivity (Wildman–Crippen MR) is 88.3 cm³/mol. The number of carboxylic acids is 1. The molecule has 1 aliphatic heterocycles. The van der Waals surface area contributed by atoms with Crippen LogP contribution in [0.15, 0.2) is 12.5 Å². The van der Waals surface area contributed by atoms with E-state index in [2.05, 4.69) is 26.8 Å². The summed E-state index contributed by atoms with van der Waals surface area (Å²) in [5, 5.41) is 9.54. The fourth-order valence-corrected chi connectivity index (χ4v) is 4.05. The van der Waals surface area contributed by atoms with Crippen molar-refractivity contribution < 1.29 is 9.90 Å². The number of imidazole rings is 1. The molecule has 0 spiro atoms. The zero-order valence-corrected chi connectivity index (χ0v) is 13.5. The van der Waals surface area contributed by atoms with Gasteiger partial charge in [0.15, 0.2) is 11.5 Å². The van der Waals surface area contributed by atoms with Gasteiger partial charge >= 0.3 is 5.97 Å². The van der Waals surface area contributed by atoms with E-state index in [4.69, 9.17) is 5.73 Å². The molecule has 0 amide bonds. The second-order valence-electron chi connectivity index (χ2n) is 6.36. The van der Waals surface area contributed by atoms with Crippen LogP contribution in [0.1, 0.15) is 61.3 Å². The molecule has 0 aromatic carbocycles. The number of nitrogens with zero attached hydrogens (tertiary/aromatic N) is 5. The number of carboxylic acid groups (broad SMARTS) is 1. The molecule has 2 aromatic rings. The lowest BCUT2D eigenvalue weighted by Crippen LogP contribution is -2.42. The summed E-state index contributed by atoms with van der Waals surface area (Å²) in [6.45, 7) is 2.06. The van der Waals surface area contributed by atoms with Crippen LogP contribution in [0.4, 0.5) is 11.8 Å². The van der Waals surface area contributed by atoms with Crippen molar-refractivity contribution in [1.29, 1.82) is 0 Å². The molecule has 0 bridgehead atoms. The van der Waals surface area contributed by atoms with Crippen LogP contribution in [0.25, 0.3) is 5.69 Å². The summed E-state index contributed by atoms with van der Waals surface area (Å²) in [5.74, 6) is 0.00472. The standard InChI is InChI=1S/C16H20N6O2/c1-2-10-13-12(15(23)24)19-8-21(13)11-7-18-16(17)20-14(11)22(10)9-5-3-4-6-9/h7-10H,2-6H2,1H3,(H,23,24)(H2,17,18,20)/t10-/m1/s1. The number of nitrogens with two attached hydrogens (primary N) is 1. The summed E-state index contributed by atoms with van der Waals surface area (Å²) in [6, 6.07) is 0.261. The van der Waals surface area contributed by atoms with Crippen LogP contribution < -0.4 is 10.6 Å². The van der Waals surface area contributed by atoms with E-state index in [1.165, 1.54) is 12.8 Å². The molecule has 2 aliphatic rings. The summed E-state index contributed by atoms with van der Waals surface area (Å²) < 4.78 is 1.80. The van der Waals surface area contributed by atoms with Crippen molar-refractivity contribution in [3.05, 3.63) is 23.9 Å². The number of rotatable bonds is 3. The molecule has 1 aliphatic carbocycles. The maximum atomic E-state index is 11.6. The fourth-order valence-electron chi connectivity index (χ4n) is 4.05. The normalized spacial score (nSPS) is 20.0. The van der Waals surface area contributed by atoms with E-state index in [0.29, 0.717) is 11.7 Å². The SMILES string of the molecule is CC[C@@H]1c2c(C(=O)O)ncn2-c2cnc(N)nc2N1C1CCCC1. The molecule has 1 fully saturated rings. The molecule has 3 N–H and O–H groups in total. The first-order chi connectivity index (χ1) is 11.6. The molecule has 0 unspecified atom stereocenters. The van der Waals surface area contributed by atoms with E-state index in [-0.39, 0.29) is 17.7 Å². The maximum absolute atomic E-state index is 11.6. The number of fused-ring (bicyclic) bond motifs is 3. The van der Waals surface area contributed by atoms with Gasteiger partial charge in [-0.2, -0.15) is 4.98 Å². The van der Waals surface area contributed by atoms with Gasteiger partial charge in [-0.15, -0.1) is 0 Å². The lowest BCUT2D eigenvalue weighted by Gasteiger charge is -2.41. The van der Waals surface area contributed by atoms with Gasteiger partial charge in [-0.1, -0.05) is 19.8 Å². The molecule has 2 aromatic heterocycles. The minimum absolute atomic E-state index is 0.0801. The molecule has 1 saturated carbocycles. The van der Waals surface area contributed by atoms with Crippen molar-refractivity contribution >= 4 is 17.7 Å². The van der Waals surface area contributed by atoms with Gasteiger partial charge < -0.3 is 15.7 Å². The van der Waals surface area contributed by atoms with Gasteiger partial charge in [-0.25, -0.2) is 14.8 Å². The Hall–Kier alpha value is -2.64. The van der Waals surface area contributed by atoms with E-state index >= 15 is 0 Å². The molecular weight excluding hydrogens is 308 g/mol. The zero-order valence-electron chi connectivity index (χ0n) is 13.5. The smallest absolute Gasteiger partial charge is 0.356 e. The molecular formula is C16H20N6O2. The van der Waals surface area contributed by atoms with E-state index in [0.717, 1.165) is 30.8 Å². The van der Waals surface area contributed by atoms with Crippen LogP contribution in [-0.2, 0) is 0 Å². The molecule has 0 saturated heterocycles. The topological polar surface area (TPSA) is 110 Å². The highest BCUT2D eigenvalue weighted by Gasteiger charge is 2.40. The van der Waals surface area contributed by atoms with Gasteiger partial charge in [-0.05, 0) is 19.3 Å². The van der Waals surface area contributed by atoms with Crippen molar-refractivity contribution in [3.8, 4) is 5.69 Å². The third kappa shape index (κ3) is 2.05. The maximum Gasteiger partial charge on any atom is 0.356 e. The molecule has 126 valence electrons. The highest BCUT2D eigenvalue weighted by molar-refractivity contribution is 5.88. The van der Waals surface area contributed by atoms with Gasteiger partial charge in [0.25, 0.3) is 0 Å². The van der Waals surface area contributed by atoms with E-state index in [9.17, 15) is 9.90 Å². The molecule has 24 heavy (non-hydrogen) atoms. The lowest BCUT2D eigenvalue weighted by atomic mass is 10.0. The quantitative estimate of drug-likeness (QED) is 0.888. The Labute approximate surface area is 139 Å². The Balaban J connectivity index is 1.96. The predicted octanol–water partition coefficient (Wildman–Crippen LogP) is 2.16. The van der Waals surface area contributed by atoms with Gasteiger partial charge in [0.05, 0.1) is 17.9 Å². The van der Waals surface area contributed by atoms with Gasteiger partial charge in [0.2, 0.25) is 5.95 Å². The average Bonchev–Trinajstić information content (AvgIpc) is 3.22. The lowest BCUT2D eigenvalue weighted by molar-refractivity contribution is 0.0688. The number of aromatic carboxylic acids is 1. The third-order valence-corrected chi connectivity index (χ3v) is 5.04. The van der Waals surface area contributed by atoms with Crippen LogP contribution >= 0.6 is 0 Å². The fraction of sp³-hybridized carbons (Fsp3) is 0.500. The summed E-state index contributed by atoms with van der Waals surface area (Å²) in [7, 11) is 0. The first kappa shape index (κ1) is 14.9. The molecule has 4 rings (SSSR count). The minimum Gasteiger partial charge on any atom is -0.476 e.